The Morgan fingerprint density at radius 1 is 1.15 bits per heavy atom. The minimum Gasteiger partial charge on any atom is -0.372 e. The first-order chi connectivity index (χ1) is 12.2. The van der Waals surface area contributed by atoms with Crippen molar-refractivity contribution in [2.24, 2.45) is 0 Å². The van der Waals surface area contributed by atoms with Crippen LogP contribution in [0.2, 0.25) is 0 Å². The maximum Gasteiger partial charge on any atom is 0.416 e. The van der Waals surface area contributed by atoms with Gasteiger partial charge in [-0.15, -0.1) is 6.58 Å². The number of alkyl halides is 6. The molecule has 27 heavy (non-hydrogen) atoms. The van der Waals surface area contributed by atoms with Crippen LogP contribution in [0.4, 0.5) is 26.3 Å². The maximum atomic E-state index is 13.0. The Morgan fingerprint density at radius 3 is 2.00 bits per heavy atom. The standard InChI is InChI=1S/C17H21F6NO2S/c1-5-6-15(3,24-27(4)25)10-26-11(2)12-7-13(16(18,19)20)9-14(8-12)17(21,22)23/h5,7-9,11,24H,1,6,10H2,2-4H3/t11-,15-,27?/m1/s1. The molecule has 0 bridgehead atoms. The van der Waals surface area contributed by atoms with E-state index in [1.165, 1.54) is 13.2 Å². The van der Waals surface area contributed by atoms with Crippen molar-refractivity contribution in [1.82, 2.24) is 4.72 Å². The molecule has 0 amide bonds. The van der Waals surface area contributed by atoms with Crippen LogP contribution in [0.1, 0.15) is 43.1 Å². The van der Waals surface area contributed by atoms with Crippen LogP contribution in [0.3, 0.4) is 0 Å². The van der Waals surface area contributed by atoms with Crippen molar-refractivity contribution >= 4 is 11.0 Å². The summed E-state index contributed by atoms with van der Waals surface area (Å²) in [6, 6.07) is 1.34. The smallest absolute Gasteiger partial charge is 0.372 e. The minimum atomic E-state index is -4.92. The highest BCUT2D eigenvalue weighted by Gasteiger charge is 2.37. The van der Waals surface area contributed by atoms with Crippen LogP contribution >= 0.6 is 0 Å². The first kappa shape index (κ1) is 23.6. The Kier molecular flexibility index (Phi) is 7.66. The van der Waals surface area contributed by atoms with E-state index in [0.29, 0.717) is 18.6 Å². The van der Waals surface area contributed by atoms with Crippen molar-refractivity contribution in [3.05, 3.63) is 47.5 Å². The van der Waals surface area contributed by atoms with Crippen molar-refractivity contribution in [3.63, 3.8) is 0 Å². The highest BCUT2D eigenvalue weighted by atomic mass is 32.2. The Morgan fingerprint density at radius 2 is 1.63 bits per heavy atom. The van der Waals surface area contributed by atoms with E-state index in [9.17, 15) is 30.6 Å². The maximum absolute atomic E-state index is 13.0. The molecule has 1 rings (SSSR count). The molecule has 0 spiro atoms. The predicted molar refractivity (Wildman–Crippen MR) is 91.2 cm³/mol. The fraction of sp³-hybridized carbons (Fsp3) is 0.529. The average Bonchev–Trinajstić information content (AvgIpc) is 2.50. The van der Waals surface area contributed by atoms with Gasteiger partial charge in [0.15, 0.2) is 0 Å². The minimum absolute atomic E-state index is 0.0693. The average molecular weight is 417 g/mol. The van der Waals surface area contributed by atoms with Crippen LogP contribution in [0.15, 0.2) is 30.9 Å². The van der Waals surface area contributed by atoms with E-state index in [2.05, 4.69) is 11.3 Å². The number of hydrogen-bond donors (Lipinski definition) is 1. The first-order valence-corrected chi connectivity index (χ1v) is 9.37. The van der Waals surface area contributed by atoms with E-state index < -0.39 is 46.1 Å². The largest absolute Gasteiger partial charge is 0.416 e. The third kappa shape index (κ3) is 7.27. The molecule has 0 aliphatic rings. The molecule has 1 N–H and O–H groups in total. The molecule has 10 heteroatoms. The van der Waals surface area contributed by atoms with Crippen molar-refractivity contribution in [3.8, 4) is 0 Å². The van der Waals surface area contributed by atoms with Gasteiger partial charge in [0.2, 0.25) is 0 Å². The molecule has 0 saturated carbocycles. The van der Waals surface area contributed by atoms with Crippen molar-refractivity contribution in [2.45, 2.75) is 44.3 Å². The molecule has 1 aromatic rings. The molecule has 0 aliphatic heterocycles. The topological polar surface area (TPSA) is 38.3 Å². The molecule has 1 unspecified atom stereocenters. The van der Waals surface area contributed by atoms with Crippen LogP contribution in [0.5, 0.6) is 0 Å². The van der Waals surface area contributed by atoms with E-state index in [0.717, 1.165) is 0 Å². The van der Waals surface area contributed by atoms with Gasteiger partial charge in [0.05, 0.1) is 40.4 Å². The molecule has 1 aromatic carbocycles. The molecule has 0 aromatic heterocycles. The zero-order chi connectivity index (χ0) is 21.0. The molecule has 0 aliphatic carbocycles. The van der Waals surface area contributed by atoms with Crippen LogP contribution in [0, 0.1) is 0 Å². The quantitative estimate of drug-likeness (QED) is 0.477. The molecule has 0 fully saturated rings. The third-order valence-corrected chi connectivity index (χ3v) is 4.50. The number of benzene rings is 1. The second-order valence-electron chi connectivity index (χ2n) is 6.40. The van der Waals surface area contributed by atoms with Crippen LogP contribution in [-0.2, 0) is 28.1 Å². The zero-order valence-corrected chi connectivity index (χ0v) is 15.8. The van der Waals surface area contributed by atoms with Gasteiger partial charge in [-0.1, -0.05) is 6.08 Å². The van der Waals surface area contributed by atoms with E-state index in [1.807, 2.05) is 0 Å². The van der Waals surface area contributed by atoms with Crippen LogP contribution < -0.4 is 4.72 Å². The second-order valence-corrected chi connectivity index (χ2v) is 7.51. The number of ether oxygens (including phenoxy) is 1. The van der Waals surface area contributed by atoms with Crippen molar-refractivity contribution in [1.29, 1.82) is 0 Å². The van der Waals surface area contributed by atoms with Gasteiger partial charge in [-0.3, -0.25) is 0 Å². The highest BCUT2D eigenvalue weighted by Crippen LogP contribution is 2.38. The molecular weight excluding hydrogens is 396 g/mol. The van der Waals surface area contributed by atoms with Crippen LogP contribution in [-0.4, -0.2) is 22.6 Å². The summed E-state index contributed by atoms with van der Waals surface area (Å²) < 4.78 is 97.4. The lowest BCUT2D eigenvalue weighted by atomic mass is 9.99. The van der Waals surface area contributed by atoms with Crippen molar-refractivity contribution < 1.29 is 35.3 Å². The molecule has 3 nitrogen and oxygen atoms in total. The second kappa shape index (κ2) is 8.74. The monoisotopic (exact) mass is 417 g/mol. The SMILES string of the molecule is C=CC[C@](C)(CO[C@H](C)c1cc(C(F)(F)F)cc(C(F)(F)F)c1)NS(C)=O. The van der Waals surface area contributed by atoms with Gasteiger partial charge in [-0.2, -0.15) is 26.3 Å². The fourth-order valence-electron chi connectivity index (χ4n) is 2.41. The fourth-order valence-corrected chi connectivity index (χ4v) is 3.25. The van der Waals surface area contributed by atoms with Crippen LogP contribution in [0.25, 0.3) is 0 Å². The lowest BCUT2D eigenvalue weighted by molar-refractivity contribution is -0.143. The summed E-state index contributed by atoms with van der Waals surface area (Å²) in [4.78, 5) is 0. The summed E-state index contributed by atoms with van der Waals surface area (Å²) in [5, 5.41) is 0. The molecule has 154 valence electrons. The van der Waals surface area contributed by atoms with Gasteiger partial charge in [0, 0.05) is 6.26 Å². The van der Waals surface area contributed by atoms with E-state index in [1.54, 1.807) is 13.0 Å². The summed E-state index contributed by atoms with van der Waals surface area (Å²) in [5.41, 5.74) is -3.89. The van der Waals surface area contributed by atoms with E-state index in [4.69, 9.17) is 4.74 Å². The summed E-state index contributed by atoms with van der Waals surface area (Å²) in [6.07, 6.45) is -7.63. The first-order valence-electron chi connectivity index (χ1n) is 7.81. The van der Waals surface area contributed by atoms with Gasteiger partial charge >= 0.3 is 12.4 Å². The Bertz CT molecular complexity index is 657. The molecular formula is C17H21F6NO2S. The van der Waals surface area contributed by atoms with Gasteiger partial charge in [0.1, 0.15) is 0 Å². The number of hydrogen-bond acceptors (Lipinski definition) is 2. The zero-order valence-electron chi connectivity index (χ0n) is 15.0. The third-order valence-electron chi connectivity index (χ3n) is 3.72. The predicted octanol–water partition coefficient (Wildman–Crippen LogP) is 5.02. The summed E-state index contributed by atoms with van der Waals surface area (Å²) in [7, 11) is -1.40. The number of halogens is 6. The summed E-state index contributed by atoms with van der Waals surface area (Å²) in [6.45, 7) is 6.49. The van der Waals surface area contributed by atoms with E-state index >= 15 is 0 Å². The normalized spacial score (nSPS) is 17.2. The molecule has 0 radical (unpaired) electrons. The van der Waals surface area contributed by atoms with Gasteiger partial charge in [-0.25, -0.2) is 8.93 Å². The lowest BCUT2D eigenvalue weighted by Crippen LogP contribution is -2.46. The van der Waals surface area contributed by atoms with Crippen molar-refractivity contribution in [2.75, 3.05) is 12.9 Å². The van der Waals surface area contributed by atoms with Gasteiger partial charge < -0.3 is 4.74 Å². The highest BCUT2D eigenvalue weighted by molar-refractivity contribution is 7.82. The number of rotatable bonds is 8. The Balaban J connectivity index is 3.13. The molecule has 0 saturated heterocycles. The Hall–Kier alpha value is -1.39. The molecule has 0 heterocycles. The summed E-state index contributed by atoms with van der Waals surface area (Å²) in [5.74, 6) is 0. The van der Waals surface area contributed by atoms with Gasteiger partial charge in [-0.05, 0) is 44.0 Å². The van der Waals surface area contributed by atoms with E-state index in [-0.39, 0.29) is 18.2 Å². The number of nitrogens with one attached hydrogen (secondary N) is 1. The molecule has 3 atom stereocenters. The lowest BCUT2D eigenvalue weighted by Gasteiger charge is -2.30. The van der Waals surface area contributed by atoms with Gasteiger partial charge in [0.25, 0.3) is 0 Å². The summed E-state index contributed by atoms with van der Waals surface area (Å²) >= 11 is 0. The Labute approximate surface area is 156 Å².